The van der Waals surface area contributed by atoms with Crippen LogP contribution in [0.25, 0.3) is 0 Å². The second kappa shape index (κ2) is 5.98. The summed E-state index contributed by atoms with van der Waals surface area (Å²) >= 11 is 0. The molecule has 4 nitrogen and oxygen atoms in total. The van der Waals surface area contributed by atoms with E-state index in [4.69, 9.17) is 14.6 Å². The first-order valence-corrected chi connectivity index (χ1v) is 5.08. The van der Waals surface area contributed by atoms with Crippen LogP contribution in [0, 0.1) is 11.8 Å². The van der Waals surface area contributed by atoms with Crippen molar-refractivity contribution in [3.8, 4) is 0 Å². The highest BCUT2D eigenvalue weighted by molar-refractivity contribution is 5.69. The Morgan fingerprint density at radius 2 is 2.21 bits per heavy atom. The molecule has 1 aliphatic rings. The van der Waals surface area contributed by atoms with Gasteiger partial charge in [0.2, 0.25) is 0 Å². The molecule has 1 rings (SSSR count). The molecular weight excluding hydrogens is 184 g/mol. The number of carboxylic acid groups (broad SMARTS) is 1. The molecule has 0 aliphatic carbocycles. The molecule has 1 aliphatic heterocycles. The van der Waals surface area contributed by atoms with Gasteiger partial charge in [-0.3, -0.25) is 4.79 Å². The summed E-state index contributed by atoms with van der Waals surface area (Å²) in [6, 6.07) is 0. The van der Waals surface area contributed by atoms with E-state index in [9.17, 15) is 4.79 Å². The lowest BCUT2D eigenvalue weighted by Gasteiger charge is -2.22. The number of rotatable bonds is 5. The van der Waals surface area contributed by atoms with Crippen LogP contribution in [-0.2, 0) is 14.3 Å². The van der Waals surface area contributed by atoms with Gasteiger partial charge in [-0.1, -0.05) is 0 Å². The van der Waals surface area contributed by atoms with Gasteiger partial charge in [0.15, 0.2) is 0 Å². The Kier molecular flexibility index (Phi) is 4.90. The molecule has 0 radical (unpaired) electrons. The SMILES string of the molecule is CC(COCC1CCOCC1)C(=O)O. The molecule has 1 N–H and O–H groups in total. The molecule has 0 spiro atoms. The van der Waals surface area contributed by atoms with Gasteiger partial charge in [-0.15, -0.1) is 0 Å². The van der Waals surface area contributed by atoms with Crippen molar-refractivity contribution in [2.24, 2.45) is 11.8 Å². The fourth-order valence-electron chi connectivity index (χ4n) is 1.40. The number of carboxylic acids is 1. The van der Waals surface area contributed by atoms with E-state index in [2.05, 4.69) is 0 Å². The molecule has 0 aromatic carbocycles. The molecule has 82 valence electrons. The third-order valence-electron chi connectivity index (χ3n) is 2.48. The highest BCUT2D eigenvalue weighted by Crippen LogP contribution is 2.15. The van der Waals surface area contributed by atoms with Crippen molar-refractivity contribution in [3.05, 3.63) is 0 Å². The molecule has 4 heteroatoms. The normalized spacial score (nSPS) is 20.6. The second-order valence-corrected chi connectivity index (χ2v) is 3.83. The molecule has 1 fully saturated rings. The minimum atomic E-state index is -0.794. The smallest absolute Gasteiger partial charge is 0.308 e. The zero-order valence-electron chi connectivity index (χ0n) is 8.57. The Hall–Kier alpha value is -0.610. The second-order valence-electron chi connectivity index (χ2n) is 3.83. The van der Waals surface area contributed by atoms with Crippen LogP contribution in [0.3, 0.4) is 0 Å². The first kappa shape index (κ1) is 11.5. The monoisotopic (exact) mass is 202 g/mol. The average Bonchev–Trinajstić information content (AvgIpc) is 2.19. The van der Waals surface area contributed by atoms with E-state index in [0.29, 0.717) is 19.1 Å². The van der Waals surface area contributed by atoms with Crippen molar-refractivity contribution in [1.82, 2.24) is 0 Å². The van der Waals surface area contributed by atoms with E-state index in [0.717, 1.165) is 26.1 Å². The van der Waals surface area contributed by atoms with Gasteiger partial charge in [-0.2, -0.15) is 0 Å². The molecule has 1 heterocycles. The van der Waals surface area contributed by atoms with Gasteiger partial charge in [0.25, 0.3) is 0 Å². The van der Waals surface area contributed by atoms with Gasteiger partial charge >= 0.3 is 5.97 Å². The Morgan fingerprint density at radius 3 is 2.79 bits per heavy atom. The molecule has 0 saturated carbocycles. The van der Waals surface area contributed by atoms with Crippen molar-refractivity contribution in [2.45, 2.75) is 19.8 Å². The van der Waals surface area contributed by atoms with Crippen molar-refractivity contribution in [2.75, 3.05) is 26.4 Å². The maximum atomic E-state index is 10.5. The number of hydrogen-bond acceptors (Lipinski definition) is 3. The molecule has 0 aromatic heterocycles. The van der Waals surface area contributed by atoms with Crippen LogP contribution in [0.1, 0.15) is 19.8 Å². The van der Waals surface area contributed by atoms with Crippen molar-refractivity contribution < 1.29 is 19.4 Å². The maximum Gasteiger partial charge on any atom is 0.308 e. The third kappa shape index (κ3) is 4.07. The predicted octanol–water partition coefficient (Wildman–Crippen LogP) is 1.15. The van der Waals surface area contributed by atoms with Crippen molar-refractivity contribution >= 4 is 5.97 Å². The fourth-order valence-corrected chi connectivity index (χ4v) is 1.40. The Balaban J connectivity index is 2.05. The Bertz CT molecular complexity index is 175. The summed E-state index contributed by atoms with van der Waals surface area (Å²) in [4.78, 5) is 10.5. The first-order valence-electron chi connectivity index (χ1n) is 5.08. The number of hydrogen-bond donors (Lipinski definition) is 1. The number of carbonyl (C=O) groups is 1. The summed E-state index contributed by atoms with van der Waals surface area (Å²) in [5.74, 6) is -0.656. The molecule has 1 atom stereocenters. The summed E-state index contributed by atoms with van der Waals surface area (Å²) in [6.07, 6.45) is 2.06. The van der Waals surface area contributed by atoms with E-state index in [1.165, 1.54) is 0 Å². The lowest BCUT2D eigenvalue weighted by Crippen LogP contribution is -2.23. The van der Waals surface area contributed by atoms with E-state index < -0.39 is 11.9 Å². The van der Waals surface area contributed by atoms with Gasteiger partial charge in [-0.05, 0) is 25.7 Å². The van der Waals surface area contributed by atoms with Crippen LogP contribution < -0.4 is 0 Å². The van der Waals surface area contributed by atoms with E-state index in [-0.39, 0.29) is 0 Å². The standard InChI is InChI=1S/C10H18O4/c1-8(10(11)12)6-14-7-9-2-4-13-5-3-9/h8-9H,2-7H2,1H3,(H,11,12). The van der Waals surface area contributed by atoms with Gasteiger partial charge in [0, 0.05) is 19.8 Å². The highest BCUT2D eigenvalue weighted by Gasteiger charge is 2.15. The fraction of sp³-hybridized carbons (Fsp3) is 0.900. The lowest BCUT2D eigenvalue weighted by molar-refractivity contribution is -0.143. The molecule has 14 heavy (non-hydrogen) atoms. The van der Waals surface area contributed by atoms with Gasteiger partial charge < -0.3 is 14.6 Å². The molecule has 0 bridgehead atoms. The summed E-state index contributed by atoms with van der Waals surface area (Å²) in [7, 11) is 0. The van der Waals surface area contributed by atoms with Crippen LogP contribution >= 0.6 is 0 Å². The molecule has 1 saturated heterocycles. The predicted molar refractivity (Wildman–Crippen MR) is 51.2 cm³/mol. The van der Waals surface area contributed by atoms with E-state index >= 15 is 0 Å². The lowest BCUT2D eigenvalue weighted by atomic mass is 10.0. The number of ether oxygens (including phenoxy) is 2. The van der Waals surface area contributed by atoms with E-state index in [1.54, 1.807) is 6.92 Å². The topological polar surface area (TPSA) is 55.8 Å². The van der Waals surface area contributed by atoms with Crippen LogP contribution in [0.4, 0.5) is 0 Å². The van der Waals surface area contributed by atoms with Crippen molar-refractivity contribution in [3.63, 3.8) is 0 Å². The van der Waals surface area contributed by atoms with Crippen LogP contribution in [0.15, 0.2) is 0 Å². The molecule has 0 aromatic rings. The maximum absolute atomic E-state index is 10.5. The minimum Gasteiger partial charge on any atom is -0.481 e. The zero-order chi connectivity index (χ0) is 10.4. The Morgan fingerprint density at radius 1 is 1.57 bits per heavy atom. The minimum absolute atomic E-state index is 0.312. The quantitative estimate of drug-likeness (QED) is 0.726. The summed E-state index contributed by atoms with van der Waals surface area (Å²) in [5, 5.41) is 8.62. The molecular formula is C10H18O4. The molecule has 1 unspecified atom stereocenters. The largest absolute Gasteiger partial charge is 0.481 e. The van der Waals surface area contributed by atoms with E-state index in [1.807, 2.05) is 0 Å². The highest BCUT2D eigenvalue weighted by atomic mass is 16.5. The Labute approximate surface area is 84.2 Å². The van der Waals surface area contributed by atoms with Gasteiger partial charge in [0.1, 0.15) is 0 Å². The summed E-state index contributed by atoms with van der Waals surface area (Å²) < 4.78 is 10.6. The number of aliphatic carboxylic acids is 1. The van der Waals surface area contributed by atoms with Crippen LogP contribution in [-0.4, -0.2) is 37.5 Å². The van der Waals surface area contributed by atoms with Crippen LogP contribution in [0.2, 0.25) is 0 Å². The summed E-state index contributed by atoms with van der Waals surface area (Å²) in [6.45, 7) is 4.25. The van der Waals surface area contributed by atoms with Crippen molar-refractivity contribution in [1.29, 1.82) is 0 Å². The molecule has 0 amide bonds. The average molecular weight is 202 g/mol. The third-order valence-corrected chi connectivity index (χ3v) is 2.48. The van der Waals surface area contributed by atoms with Crippen LogP contribution in [0.5, 0.6) is 0 Å². The first-order chi connectivity index (χ1) is 6.70. The summed E-state index contributed by atoms with van der Waals surface area (Å²) in [5.41, 5.74) is 0. The zero-order valence-corrected chi connectivity index (χ0v) is 8.57. The van der Waals surface area contributed by atoms with Gasteiger partial charge in [-0.25, -0.2) is 0 Å². The van der Waals surface area contributed by atoms with Gasteiger partial charge in [0.05, 0.1) is 12.5 Å².